The highest BCUT2D eigenvalue weighted by Crippen LogP contribution is 2.29. The number of benzene rings is 1. The SMILES string of the molecule is CCCOc1ccc(CN(CCC)C(=O)[C@H](C)N)cc1OCC. The summed E-state index contributed by atoms with van der Waals surface area (Å²) in [6.45, 7) is 10.2. The first-order chi connectivity index (χ1) is 11.0. The van der Waals surface area contributed by atoms with Crippen molar-refractivity contribution in [2.75, 3.05) is 19.8 Å². The second kappa shape index (κ2) is 10.1. The molecule has 0 spiro atoms. The van der Waals surface area contributed by atoms with E-state index in [9.17, 15) is 4.79 Å². The van der Waals surface area contributed by atoms with Crippen LogP contribution in [0.5, 0.6) is 11.5 Å². The highest BCUT2D eigenvalue weighted by atomic mass is 16.5. The molecule has 0 radical (unpaired) electrons. The lowest BCUT2D eigenvalue weighted by atomic mass is 10.1. The Hall–Kier alpha value is -1.75. The number of hydrogen-bond donors (Lipinski definition) is 1. The lowest BCUT2D eigenvalue weighted by molar-refractivity contribution is -0.132. The van der Waals surface area contributed by atoms with E-state index in [4.69, 9.17) is 15.2 Å². The molecule has 1 aromatic rings. The zero-order valence-corrected chi connectivity index (χ0v) is 14.8. The van der Waals surface area contributed by atoms with Gasteiger partial charge in [-0.15, -0.1) is 0 Å². The molecular weight excluding hydrogens is 292 g/mol. The highest BCUT2D eigenvalue weighted by Gasteiger charge is 2.17. The Labute approximate surface area is 139 Å². The predicted octanol–water partition coefficient (Wildman–Crippen LogP) is 2.96. The molecule has 0 saturated heterocycles. The molecule has 0 aliphatic carbocycles. The normalized spacial score (nSPS) is 11.9. The molecule has 1 aromatic carbocycles. The van der Waals surface area contributed by atoms with Crippen molar-refractivity contribution in [2.45, 2.75) is 53.1 Å². The summed E-state index contributed by atoms with van der Waals surface area (Å²) in [5.74, 6) is 1.44. The maximum absolute atomic E-state index is 12.2. The number of carbonyl (C=O) groups is 1. The van der Waals surface area contributed by atoms with Crippen molar-refractivity contribution in [1.82, 2.24) is 4.90 Å². The van der Waals surface area contributed by atoms with Gasteiger partial charge in [-0.05, 0) is 44.4 Å². The van der Waals surface area contributed by atoms with Crippen molar-refractivity contribution < 1.29 is 14.3 Å². The van der Waals surface area contributed by atoms with Crippen LogP contribution in [-0.2, 0) is 11.3 Å². The van der Waals surface area contributed by atoms with Gasteiger partial charge >= 0.3 is 0 Å². The maximum atomic E-state index is 12.2. The van der Waals surface area contributed by atoms with Crippen molar-refractivity contribution in [3.8, 4) is 11.5 Å². The summed E-state index contributed by atoms with van der Waals surface area (Å²) in [6, 6.07) is 5.35. The van der Waals surface area contributed by atoms with Crippen LogP contribution in [0.15, 0.2) is 18.2 Å². The van der Waals surface area contributed by atoms with Gasteiger partial charge in [0.1, 0.15) is 0 Å². The van der Waals surface area contributed by atoms with Gasteiger partial charge in [-0.1, -0.05) is 19.9 Å². The van der Waals surface area contributed by atoms with Crippen molar-refractivity contribution >= 4 is 5.91 Å². The van der Waals surface area contributed by atoms with Crippen LogP contribution in [0.4, 0.5) is 0 Å². The van der Waals surface area contributed by atoms with E-state index in [1.807, 2.05) is 25.1 Å². The zero-order valence-electron chi connectivity index (χ0n) is 14.8. The molecule has 23 heavy (non-hydrogen) atoms. The fourth-order valence-corrected chi connectivity index (χ4v) is 2.30. The minimum absolute atomic E-state index is 0.0314. The fourth-order valence-electron chi connectivity index (χ4n) is 2.30. The smallest absolute Gasteiger partial charge is 0.239 e. The molecule has 5 nitrogen and oxygen atoms in total. The Kier molecular flexibility index (Phi) is 8.48. The first-order valence-corrected chi connectivity index (χ1v) is 8.46. The van der Waals surface area contributed by atoms with Gasteiger partial charge in [0.2, 0.25) is 5.91 Å². The van der Waals surface area contributed by atoms with E-state index in [0.717, 1.165) is 29.9 Å². The van der Waals surface area contributed by atoms with E-state index in [1.54, 1.807) is 11.8 Å². The highest BCUT2D eigenvalue weighted by molar-refractivity contribution is 5.81. The number of carbonyl (C=O) groups excluding carboxylic acids is 1. The Bertz CT molecular complexity index is 489. The third-order valence-electron chi connectivity index (χ3n) is 3.34. The van der Waals surface area contributed by atoms with Gasteiger partial charge in [-0.3, -0.25) is 4.79 Å². The minimum atomic E-state index is -0.486. The maximum Gasteiger partial charge on any atom is 0.239 e. The molecule has 5 heteroatoms. The average Bonchev–Trinajstić information content (AvgIpc) is 2.53. The van der Waals surface area contributed by atoms with Crippen LogP contribution in [-0.4, -0.2) is 36.6 Å². The van der Waals surface area contributed by atoms with Crippen LogP contribution in [0.25, 0.3) is 0 Å². The molecular formula is C18H30N2O3. The Balaban J connectivity index is 2.93. The number of rotatable bonds is 10. The van der Waals surface area contributed by atoms with Crippen LogP contribution in [0.2, 0.25) is 0 Å². The third kappa shape index (κ3) is 6.10. The van der Waals surface area contributed by atoms with E-state index in [0.29, 0.717) is 26.3 Å². The summed E-state index contributed by atoms with van der Waals surface area (Å²) < 4.78 is 11.4. The van der Waals surface area contributed by atoms with Gasteiger partial charge in [0.15, 0.2) is 11.5 Å². The fraction of sp³-hybridized carbons (Fsp3) is 0.611. The van der Waals surface area contributed by atoms with Crippen LogP contribution in [0.1, 0.15) is 46.1 Å². The monoisotopic (exact) mass is 322 g/mol. The summed E-state index contributed by atoms with van der Waals surface area (Å²) in [5, 5.41) is 0. The molecule has 0 heterocycles. The van der Waals surface area contributed by atoms with E-state index >= 15 is 0 Å². The van der Waals surface area contributed by atoms with E-state index < -0.39 is 6.04 Å². The van der Waals surface area contributed by atoms with Gasteiger partial charge < -0.3 is 20.1 Å². The predicted molar refractivity (Wildman–Crippen MR) is 92.8 cm³/mol. The molecule has 1 atom stereocenters. The van der Waals surface area contributed by atoms with Crippen LogP contribution >= 0.6 is 0 Å². The van der Waals surface area contributed by atoms with Gasteiger partial charge in [-0.25, -0.2) is 0 Å². The number of hydrogen-bond acceptors (Lipinski definition) is 4. The topological polar surface area (TPSA) is 64.8 Å². The first kappa shape index (κ1) is 19.3. The lowest BCUT2D eigenvalue weighted by Crippen LogP contribution is -2.42. The largest absolute Gasteiger partial charge is 0.490 e. The van der Waals surface area contributed by atoms with Gasteiger partial charge in [0, 0.05) is 13.1 Å². The quantitative estimate of drug-likeness (QED) is 0.719. The lowest BCUT2D eigenvalue weighted by Gasteiger charge is -2.24. The van der Waals surface area contributed by atoms with Gasteiger partial charge in [0.25, 0.3) is 0 Å². The van der Waals surface area contributed by atoms with Crippen LogP contribution in [0.3, 0.4) is 0 Å². The number of ether oxygens (including phenoxy) is 2. The summed E-state index contributed by atoms with van der Waals surface area (Å²) >= 11 is 0. The molecule has 1 rings (SSSR count). The number of nitrogens with zero attached hydrogens (tertiary/aromatic N) is 1. The second-order valence-corrected chi connectivity index (χ2v) is 5.61. The average molecular weight is 322 g/mol. The van der Waals surface area contributed by atoms with Gasteiger partial charge in [0.05, 0.1) is 19.3 Å². The Morgan fingerprint density at radius 1 is 1.17 bits per heavy atom. The molecule has 0 fully saturated rings. The summed E-state index contributed by atoms with van der Waals surface area (Å²) in [7, 11) is 0. The van der Waals surface area contributed by atoms with E-state index in [2.05, 4.69) is 13.8 Å². The van der Waals surface area contributed by atoms with Crippen LogP contribution in [0, 0.1) is 0 Å². The molecule has 0 bridgehead atoms. The standard InChI is InChI=1S/C18H30N2O3/c1-5-10-20(18(21)14(4)19)13-15-8-9-16(23-11-6-2)17(12-15)22-7-3/h8-9,12,14H,5-7,10-11,13,19H2,1-4H3/t14-/m0/s1. The second-order valence-electron chi connectivity index (χ2n) is 5.61. The van der Waals surface area contributed by atoms with E-state index in [-0.39, 0.29) is 5.91 Å². The Morgan fingerprint density at radius 2 is 1.91 bits per heavy atom. The van der Waals surface area contributed by atoms with Gasteiger partial charge in [-0.2, -0.15) is 0 Å². The summed E-state index contributed by atoms with van der Waals surface area (Å²) in [6.07, 6.45) is 1.84. The first-order valence-electron chi connectivity index (χ1n) is 8.46. The molecule has 1 amide bonds. The van der Waals surface area contributed by atoms with Crippen molar-refractivity contribution in [3.63, 3.8) is 0 Å². The number of nitrogens with two attached hydrogens (primary N) is 1. The van der Waals surface area contributed by atoms with Crippen molar-refractivity contribution in [3.05, 3.63) is 23.8 Å². The molecule has 2 N–H and O–H groups in total. The molecule has 130 valence electrons. The molecule has 0 aromatic heterocycles. The third-order valence-corrected chi connectivity index (χ3v) is 3.34. The molecule has 0 aliphatic heterocycles. The zero-order chi connectivity index (χ0) is 17.2. The van der Waals surface area contributed by atoms with Crippen molar-refractivity contribution in [1.29, 1.82) is 0 Å². The summed E-state index contributed by atoms with van der Waals surface area (Å²) in [4.78, 5) is 14.0. The molecule has 0 unspecified atom stereocenters. The minimum Gasteiger partial charge on any atom is -0.490 e. The summed E-state index contributed by atoms with van der Waals surface area (Å²) in [5.41, 5.74) is 6.76. The van der Waals surface area contributed by atoms with Crippen LogP contribution < -0.4 is 15.2 Å². The molecule has 0 saturated carbocycles. The molecule has 0 aliphatic rings. The Morgan fingerprint density at radius 3 is 2.48 bits per heavy atom. The number of amides is 1. The van der Waals surface area contributed by atoms with Crippen molar-refractivity contribution in [2.24, 2.45) is 5.73 Å². The van der Waals surface area contributed by atoms with E-state index in [1.165, 1.54) is 0 Å².